The first-order valence-electron chi connectivity index (χ1n) is 6.90. The molecular weight excluding hydrogens is 304 g/mol. The molecule has 0 saturated carbocycles. The van der Waals surface area contributed by atoms with Crippen molar-refractivity contribution in [1.82, 2.24) is 0 Å². The van der Waals surface area contributed by atoms with Crippen molar-refractivity contribution in [2.75, 3.05) is 6.61 Å². The maximum atomic E-state index is 13.7. The van der Waals surface area contributed by atoms with Gasteiger partial charge < -0.3 is 9.47 Å². The smallest absolute Gasteiger partial charge is 0.343 e. The fourth-order valence-corrected chi connectivity index (χ4v) is 1.76. The first-order valence-corrected chi connectivity index (χ1v) is 6.90. The zero-order valence-electron chi connectivity index (χ0n) is 12.3. The molecule has 2 aromatic rings. The number of hydrogen-bond acceptors (Lipinski definition) is 4. The van der Waals surface area contributed by atoms with Crippen molar-refractivity contribution in [3.8, 4) is 17.6 Å². The van der Waals surface area contributed by atoms with E-state index in [9.17, 15) is 13.6 Å². The lowest BCUT2D eigenvalue weighted by Crippen LogP contribution is -2.10. The number of rotatable bonds is 5. The second kappa shape index (κ2) is 7.36. The van der Waals surface area contributed by atoms with Crippen LogP contribution in [0.4, 0.5) is 8.78 Å². The Labute approximate surface area is 131 Å². The third-order valence-corrected chi connectivity index (χ3v) is 2.93. The molecule has 0 fully saturated rings. The molecule has 0 aliphatic heterocycles. The predicted octanol–water partition coefficient (Wildman–Crippen LogP) is 3.84. The number of hydrogen-bond donors (Lipinski definition) is 0. The van der Waals surface area contributed by atoms with Gasteiger partial charge in [-0.2, -0.15) is 9.65 Å². The van der Waals surface area contributed by atoms with Gasteiger partial charge >= 0.3 is 5.97 Å². The van der Waals surface area contributed by atoms with E-state index in [0.717, 1.165) is 18.6 Å². The van der Waals surface area contributed by atoms with E-state index >= 15 is 0 Å². The molecule has 0 saturated heterocycles. The summed E-state index contributed by atoms with van der Waals surface area (Å²) in [6.45, 7) is 2.52. The minimum absolute atomic E-state index is 0.165. The molecule has 0 N–H and O–H groups in total. The van der Waals surface area contributed by atoms with Crippen LogP contribution in [0.5, 0.6) is 11.5 Å². The molecular formula is C17H13F2NO3. The monoisotopic (exact) mass is 317 g/mol. The molecule has 0 aliphatic rings. The first-order chi connectivity index (χ1) is 11.1. The first kappa shape index (κ1) is 16.4. The van der Waals surface area contributed by atoms with Crippen LogP contribution in [0.1, 0.15) is 29.3 Å². The number of carbonyl (C=O) groups excluding carboxylic acids is 1. The fourth-order valence-electron chi connectivity index (χ4n) is 1.76. The maximum Gasteiger partial charge on any atom is 0.343 e. The van der Waals surface area contributed by atoms with Gasteiger partial charge in [0.25, 0.3) is 0 Å². The Bertz CT molecular complexity index is 752. The second-order valence-corrected chi connectivity index (χ2v) is 4.61. The van der Waals surface area contributed by atoms with Crippen LogP contribution < -0.4 is 9.47 Å². The van der Waals surface area contributed by atoms with Gasteiger partial charge in [0.2, 0.25) is 5.82 Å². The second-order valence-electron chi connectivity index (χ2n) is 4.61. The number of benzene rings is 2. The molecule has 2 rings (SSSR count). The standard InChI is InChI=1S/C17H13F2NO3/c1-2-9-22-13-6-3-11(4-7-13)17(21)23-14-8-5-12(10-20)15(18)16(14)19/h3-8H,2,9H2,1H3. The Morgan fingerprint density at radius 2 is 1.83 bits per heavy atom. The van der Waals surface area contributed by atoms with E-state index < -0.39 is 28.9 Å². The number of esters is 1. The van der Waals surface area contributed by atoms with Crippen LogP contribution in [-0.4, -0.2) is 12.6 Å². The summed E-state index contributed by atoms with van der Waals surface area (Å²) < 4.78 is 37.4. The van der Waals surface area contributed by atoms with Crippen LogP contribution in [0.3, 0.4) is 0 Å². The van der Waals surface area contributed by atoms with Crippen molar-refractivity contribution >= 4 is 5.97 Å². The SMILES string of the molecule is CCCOc1ccc(C(=O)Oc2ccc(C#N)c(F)c2F)cc1. The molecule has 2 aromatic carbocycles. The van der Waals surface area contributed by atoms with Crippen molar-refractivity contribution in [3.63, 3.8) is 0 Å². The maximum absolute atomic E-state index is 13.7. The molecule has 0 bridgehead atoms. The number of carbonyl (C=O) groups is 1. The van der Waals surface area contributed by atoms with Crippen LogP contribution in [-0.2, 0) is 0 Å². The minimum atomic E-state index is -1.37. The molecule has 0 aromatic heterocycles. The third kappa shape index (κ3) is 3.83. The highest BCUT2D eigenvalue weighted by Gasteiger charge is 2.17. The van der Waals surface area contributed by atoms with Gasteiger partial charge in [-0.15, -0.1) is 0 Å². The van der Waals surface area contributed by atoms with Crippen molar-refractivity contribution in [2.24, 2.45) is 0 Å². The topological polar surface area (TPSA) is 59.3 Å². The van der Waals surface area contributed by atoms with Gasteiger partial charge in [0.1, 0.15) is 11.8 Å². The highest BCUT2D eigenvalue weighted by molar-refractivity contribution is 5.91. The Kier molecular flexibility index (Phi) is 5.26. The van der Waals surface area contributed by atoms with Crippen LogP contribution >= 0.6 is 0 Å². The van der Waals surface area contributed by atoms with Crippen LogP contribution in [0.25, 0.3) is 0 Å². The number of nitriles is 1. The quantitative estimate of drug-likeness (QED) is 0.621. The molecule has 0 spiro atoms. The number of ether oxygens (including phenoxy) is 2. The number of halogens is 2. The van der Waals surface area contributed by atoms with E-state index in [1.54, 1.807) is 12.1 Å². The average Bonchev–Trinajstić information content (AvgIpc) is 2.57. The van der Waals surface area contributed by atoms with E-state index in [2.05, 4.69) is 0 Å². The van der Waals surface area contributed by atoms with Gasteiger partial charge in [0.05, 0.1) is 17.7 Å². The summed E-state index contributed by atoms with van der Waals surface area (Å²) in [5, 5.41) is 8.60. The normalized spacial score (nSPS) is 10.0. The van der Waals surface area contributed by atoms with E-state index in [4.69, 9.17) is 14.7 Å². The molecule has 118 valence electrons. The van der Waals surface area contributed by atoms with E-state index in [-0.39, 0.29) is 5.56 Å². The van der Waals surface area contributed by atoms with Crippen molar-refractivity contribution < 1.29 is 23.0 Å². The molecule has 0 radical (unpaired) electrons. The highest BCUT2D eigenvalue weighted by atomic mass is 19.2. The highest BCUT2D eigenvalue weighted by Crippen LogP contribution is 2.23. The zero-order valence-corrected chi connectivity index (χ0v) is 12.3. The van der Waals surface area contributed by atoms with Crippen LogP contribution in [0, 0.1) is 23.0 Å². The fraction of sp³-hybridized carbons (Fsp3) is 0.176. The van der Waals surface area contributed by atoms with E-state index in [1.165, 1.54) is 18.2 Å². The van der Waals surface area contributed by atoms with Gasteiger partial charge in [-0.25, -0.2) is 9.18 Å². The molecule has 0 unspecified atom stereocenters. The summed E-state index contributed by atoms with van der Waals surface area (Å²) in [5.74, 6) is -3.53. The molecule has 0 amide bonds. The Morgan fingerprint density at radius 3 is 2.43 bits per heavy atom. The molecule has 0 aliphatic carbocycles. The average molecular weight is 317 g/mol. The molecule has 23 heavy (non-hydrogen) atoms. The van der Waals surface area contributed by atoms with E-state index in [1.807, 2.05) is 6.92 Å². The van der Waals surface area contributed by atoms with Crippen molar-refractivity contribution in [2.45, 2.75) is 13.3 Å². The largest absolute Gasteiger partial charge is 0.494 e. The van der Waals surface area contributed by atoms with Crippen molar-refractivity contribution in [3.05, 3.63) is 59.2 Å². The summed E-state index contributed by atoms with van der Waals surface area (Å²) in [5.41, 5.74) is -0.294. The van der Waals surface area contributed by atoms with Crippen LogP contribution in [0.2, 0.25) is 0 Å². The zero-order chi connectivity index (χ0) is 16.8. The van der Waals surface area contributed by atoms with Gasteiger partial charge in [-0.05, 0) is 42.8 Å². The summed E-state index contributed by atoms with van der Waals surface area (Å²) in [4.78, 5) is 11.9. The lowest BCUT2D eigenvalue weighted by atomic mass is 10.2. The lowest BCUT2D eigenvalue weighted by molar-refractivity contribution is 0.0726. The van der Waals surface area contributed by atoms with Gasteiger partial charge in [-0.3, -0.25) is 0 Å². The predicted molar refractivity (Wildman–Crippen MR) is 78.3 cm³/mol. The lowest BCUT2D eigenvalue weighted by Gasteiger charge is -2.08. The molecule has 6 heteroatoms. The third-order valence-electron chi connectivity index (χ3n) is 2.93. The van der Waals surface area contributed by atoms with Gasteiger partial charge in [0, 0.05) is 0 Å². The minimum Gasteiger partial charge on any atom is -0.494 e. The summed E-state index contributed by atoms with van der Waals surface area (Å²) >= 11 is 0. The van der Waals surface area contributed by atoms with E-state index in [0.29, 0.717) is 12.4 Å². The Morgan fingerprint density at radius 1 is 1.13 bits per heavy atom. The Balaban J connectivity index is 2.13. The van der Waals surface area contributed by atoms with Crippen LogP contribution in [0.15, 0.2) is 36.4 Å². The van der Waals surface area contributed by atoms with Gasteiger partial charge in [0.15, 0.2) is 11.6 Å². The summed E-state index contributed by atoms with van der Waals surface area (Å²) in [6, 6.07) is 9.68. The molecule has 4 nitrogen and oxygen atoms in total. The Hall–Kier alpha value is -2.94. The van der Waals surface area contributed by atoms with Gasteiger partial charge in [-0.1, -0.05) is 6.92 Å². The summed E-state index contributed by atoms with van der Waals surface area (Å²) in [6.07, 6.45) is 0.854. The summed E-state index contributed by atoms with van der Waals surface area (Å²) in [7, 11) is 0. The molecule has 0 atom stereocenters. The molecule has 0 heterocycles. The van der Waals surface area contributed by atoms with Crippen molar-refractivity contribution in [1.29, 1.82) is 5.26 Å². The number of nitrogens with zero attached hydrogens (tertiary/aromatic N) is 1.